The number of aryl methyl sites for hydroxylation is 1. The van der Waals surface area contributed by atoms with Gasteiger partial charge in [0.25, 0.3) is 0 Å². The third-order valence-electron chi connectivity index (χ3n) is 5.47. The Bertz CT molecular complexity index is 920. The zero-order valence-electron chi connectivity index (χ0n) is 14.5. The van der Waals surface area contributed by atoms with Crippen LogP contribution in [-0.4, -0.2) is 23.3 Å². The van der Waals surface area contributed by atoms with E-state index >= 15 is 0 Å². The quantitative estimate of drug-likeness (QED) is 0.633. The SMILES string of the molecule is CCc1cc(-c2cc(Cl)sc2Cl)ccc1C1C(=O)[C@@H]2CC[C@@](C)(O2)C1=O. The van der Waals surface area contributed by atoms with Gasteiger partial charge in [-0.3, -0.25) is 9.59 Å². The Labute approximate surface area is 166 Å². The Balaban J connectivity index is 1.79. The highest BCUT2D eigenvalue weighted by Crippen LogP contribution is 2.45. The van der Waals surface area contributed by atoms with Crippen LogP contribution in [0.1, 0.15) is 43.7 Å². The predicted molar refractivity (Wildman–Crippen MR) is 104 cm³/mol. The van der Waals surface area contributed by atoms with Crippen LogP contribution in [-0.2, 0) is 20.7 Å². The Kier molecular flexibility index (Phi) is 4.51. The van der Waals surface area contributed by atoms with Gasteiger partial charge in [-0.25, -0.2) is 0 Å². The van der Waals surface area contributed by atoms with Crippen molar-refractivity contribution >= 4 is 46.1 Å². The summed E-state index contributed by atoms with van der Waals surface area (Å²) in [7, 11) is 0. The molecule has 1 aromatic carbocycles. The maximum absolute atomic E-state index is 13.0. The van der Waals surface area contributed by atoms with Gasteiger partial charge in [0.2, 0.25) is 0 Å². The first-order valence-electron chi connectivity index (χ1n) is 8.68. The first-order valence-corrected chi connectivity index (χ1v) is 10.2. The van der Waals surface area contributed by atoms with Crippen molar-refractivity contribution in [3.05, 3.63) is 44.1 Å². The van der Waals surface area contributed by atoms with Gasteiger partial charge in [0.1, 0.15) is 22.0 Å². The first kappa shape index (κ1) is 18.2. The molecule has 3 heterocycles. The summed E-state index contributed by atoms with van der Waals surface area (Å²) in [6.07, 6.45) is 1.50. The van der Waals surface area contributed by atoms with E-state index in [4.69, 9.17) is 27.9 Å². The topological polar surface area (TPSA) is 43.4 Å². The molecule has 2 saturated heterocycles. The lowest BCUT2D eigenvalue weighted by molar-refractivity contribution is -0.160. The van der Waals surface area contributed by atoms with Crippen LogP contribution < -0.4 is 0 Å². The Morgan fingerprint density at radius 3 is 2.69 bits per heavy atom. The fourth-order valence-corrected chi connectivity index (χ4v) is 5.54. The first-order chi connectivity index (χ1) is 12.3. The second kappa shape index (κ2) is 6.45. The van der Waals surface area contributed by atoms with Crippen molar-refractivity contribution in [3.8, 4) is 11.1 Å². The Morgan fingerprint density at radius 1 is 1.27 bits per heavy atom. The van der Waals surface area contributed by atoms with Crippen LogP contribution >= 0.6 is 34.5 Å². The molecule has 2 aliphatic heterocycles. The molecular weight excluding hydrogens is 391 g/mol. The van der Waals surface area contributed by atoms with Crippen molar-refractivity contribution in [2.45, 2.75) is 50.7 Å². The maximum Gasteiger partial charge on any atom is 0.179 e. The number of halogens is 2. The summed E-state index contributed by atoms with van der Waals surface area (Å²) >= 11 is 13.7. The number of carbonyl (C=O) groups excluding carboxylic acids is 2. The predicted octanol–water partition coefficient (Wildman–Crippen LogP) is 5.46. The average molecular weight is 409 g/mol. The van der Waals surface area contributed by atoms with Gasteiger partial charge in [0, 0.05) is 5.56 Å². The third-order valence-corrected chi connectivity index (χ3v) is 6.96. The zero-order valence-corrected chi connectivity index (χ0v) is 16.8. The van der Waals surface area contributed by atoms with Gasteiger partial charge >= 0.3 is 0 Å². The van der Waals surface area contributed by atoms with Crippen LogP contribution in [0.2, 0.25) is 8.67 Å². The van der Waals surface area contributed by atoms with E-state index in [-0.39, 0.29) is 11.6 Å². The van der Waals surface area contributed by atoms with E-state index in [0.717, 1.165) is 28.7 Å². The van der Waals surface area contributed by atoms with Gasteiger partial charge in [0.15, 0.2) is 11.6 Å². The molecule has 4 rings (SSSR count). The van der Waals surface area contributed by atoms with Crippen molar-refractivity contribution < 1.29 is 14.3 Å². The fraction of sp³-hybridized carbons (Fsp3) is 0.400. The second-order valence-electron chi connectivity index (χ2n) is 7.08. The van der Waals surface area contributed by atoms with Gasteiger partial charge in [-0.15, -0.1) is 11.3 Å². The molecule has 0 radical (unpaired) electrons. The molecule has 0 N–H and O–H groups in total. The molecule has 0 spiro atoms. The van der Waals surface area contributed by atoms with Crippen molar-refractivity contribution in [1.82, 2.24) is 0 Å². The smallest absolute Gasteiger partial charge is 0.179 e. The molecule has 26 heavy (non-hydrogen) atoms. The molecule has 3 nitrogen and oxygen atoms in total. The molecule has 2 aliphatic rings. The molecule has 2 bridgehead atoms. The van der Waals surface area contributed by atoms with Crippen LogP contribution in [0.3, 0.4) is 0 Å². The zero-order chi connectivity index (χ0) is 18.6. The Morgan fingerprint density at radius 2 is 2.04 bits per heavy atom. The normalized spacial score (nSPS) is 28.0. The number of ketones is 2. The van der Waals surface area contributed by atoms with Gasteiger partial charge in [-0.1, -0.05) is 48.3 Å². The number of fused-ring (bicyclic) bond motifs is 2. The molecule has 1 unspecified atom stereocenters. The Hall–Kier alpha value is -1.20. The number of Topliss-reactive ketones (excluding diaryl/α,β-unsaturated/α-hetero) is 2. The van der Waals surface area contributed by atoms with Gasteiger partial charge in [-0.2, -0.15) is 0 Å². The molecule has 2 aromatic rings. The van der Waals surface area contributed by atoms with E-state index in [2.05, 4.69) is 0 Å². The van der Waals surface area contributed by atoms with Crippen molar-refractivity contribution in [2.24, 2.45) is 0 Å². The highest BCUT2D eigenvalue weighted by Gasteiger charge is 2.55. The lowest BCUT2D eigenvalue weighted by Gasteiger charge is -2.34. The van der Waals surface area contributed by atoms with Crippen molar-refractivity contribution in [1.29, 1.82) is 0 Å². The number of thiophene rings is 1. The van der Waals surface area contributed by atoms with Crippen molar-refractivity contribution in [3.63, 3.8) is 0 Å². The largest absolute Gasteiger partial charge is 0.356 e. The summed E-state index contributed by atoms with van der Waals surface area (Å²) in [6.45, 7) is 3.83. The fourth-order valence-electron chi connectivity index (χ4n) is 4.03. The average Bonchev–Trinajstić information content (AvgIpc) is 3.15. The van der Waals surface area contributed by atoms with E-state index in [9.17, 15) is 9.59 Å². The molecule has 0 saturated carbocycles. The van der Waals surface area contributed by atoms with Gasteiger partial charge in [0.05, 0.1) is 4.34 Å². The summed E-state index contributed by atoms with van der Waals surface area (Å²) in [5.41, 5.74) is 2.76. The number of ether oxygens (including phenoxy) is 1. The van der Waals surface area contributed by atoms with Crippen LogP contribution in [0.15, 0.2) is 24.3 Å². The number of hydrogen-bond donors (Lipinski definition) is 0. The minimum absolute atomic E-state index is 0.107. The lowest BCUT2D eigenvalue weighted by atomic mass is 9.79. The monoisotopic (exact) mass is 408 g/mol. The number of benzene rings is 1. The molecule has 0 aliphatic carbocycles. The van der Waals surface area contributed by atoms with E-state index in [1.807, 2.05) is 38.1 Å². The lowest BCUT2D eigenvalue weighted by Crippen LogP contribution is -2.49. The van der Waals surface area contributed by atoms with Crippen LogP contribution in [0, 0.1) is 0 Å². The summed E-state index contributed by atoms with van der Waals surface area (Å²) in [5, 5.41) is 0. The van der Waals surface area contributed by atoms with E-state index in [1.54, 1.807) is 0 Å². The number of carbonyl (C=O) groups is 2. The third kappa shape index (κ3) is 2.75. The highest BCUT2D eigenvalue weighted by molar-refractivity contribution is 7.20. The van der Waals surface area contributed by atoms with E-state index in [0.29, 0.717) is 21.5 Å². The summed E-state index contributed by atoms with van der Waals surface area (Å²) in [5.74, 6) is -0.953. The minimum Gasteiger partial charge on any atom is -0.356 e. The molecule has 2 fully saturated rings. The summed E-state index contributed by atoms with van der Waals surface area (Å²) < 4.78 is 6.98. The molecule has 136 valence electrons. The highest BCUT2D eigenvalue weighted by atomic mass is 35.5. The molecule has 6 heteroatoms. The van der Waals surface area contributed by atoms with E-state index < -0.39 is 17.6 Å². The van der Waals surface area contributed by atoms with Crippen LogP contribution in [0.4, 0.5) is 0 Å². The van der Waals surface area contributed by atoms with Gasteiger partial charge in [-0.05, 0) is 48.9 Å². The molecule has 3 atom stereocenters. The molecule has 1 aromatic heterocycles. The van der Waals surface area contributed by atoms with Crippen LogP contribution in [0.25, 0.3) is 11.1 Å². The summed E-state index contributed by atoms with van der Waals surface area (Å²) in [4.78, 5) is 25.8. The number of rotatable bonds is 3. The summed E-state index contributed by atoms with van der Waals surface area (Å²) in [6, 6.07) is 7.67. The van der Waals surface area contributed by atoms with Crippen molar-refractivity contribution in [2.75, 3.05) is 0 Å². The number of hydrogen-bond acceptors (Lipinski definition) is 4. The molecular formula is C20H18Cl2O3S. The van der Waals surface area contributed by atoms with Gasteiger partial charge < -0.3 is 4.74 Å². The van der Waals surface area contributed by atoms with E-state index in [1.165, 1.54) is 11.3 Å². The standard InChI is InChI=1S/C20H18Cl2O3S/c1-3-10-8-11(13-9-15(21)26-19(13)22)4-5-12(10)16-17(23)14-6-7-20(2,25-14)18(16)24/h4-5,8-9,14,16H,3,6-7H2,1-2H3/t14-,16?,20+/m0/s1. The second-order valence-corrected chi connectivity index (χ2v) is 9.37. The maximum atomic E-state index is 13.0. The van der Waals surface area contributed by atoms with Crippen LogP contribution in [0.5, 0.6) is 0 Å². The molecule has 0 amide bonds. The minimum atomic E-state index is -0.836.